The van der Waals surface area contributed by atoms with Crippen LogP contribution in [0.3, 0.4) is 0 Å². The molecule has 1 fully saturated rings. The molecule has 134 valence electrons. The summed E-state index contributed by atoms with van der Waals surface area (Å²) in [6.45, 7) is 9.70. The summed E-state index contributed by atoms with van der Waals surface area (Å²) in [6.07, 6.45) is 3.46. The molecule has 0 N–H and O–H groups in total. The zero-order valence-electron chi connectivity index (χ0n) is 15.3. The van der Waals surface area contributed by atoms with Crippen molar-refractivity contribution in [2.45, 2.75) is 52.6 Å². The normalized spacial score (nSPS) is 17.3. The van der Waals surface area contributed by atoms with Crippen LogP contribution in [-0.2, 0) is 0 Å². The number of hydrogen-bond acceptors (Lipinski definition) is 6. The molecule has 0 saturated carbocycles. The molecule has 25 heavy (non-hydrogen) atoms. The van der Waals surface area contributed by atoms with Gasteiger partial charge in [-0.1, -0.05) is 5.16 Å². The number of carbonyl (C=O) groups excluding carboxylic acids is 1. The summed E-state index contributed by atoms with van der Waals surface area (Å²) in [5, 5.41) is 3.99. The van der Waals surface area contributed by atoms with Crippen molar-refractivity contribution in [1.29, 1.82) is 0 Å². The molecule has 1 atom stereocenters. The first-order valence-corrected chi connectivity index (χ1v) is 8.85. The van der Waals surface area contributed by atoms with E-state index in [-0.39, 0.29) is 11.9 Å². The van der Waals surface area contributed by atoms with Crippen molar-refractivity contribution in [2.75, 3.05) is 18.0 Å². The number of nitrogens with zero attached hydrogens (tertiary/aromatic N) is 5. The summed E-state index contributed by atoms with van der Waals surface area (Å²) in [7, 11) is 0. The molecule has 1 aliphatic rings. The molecule has 0 radical (unpaired) electrons. The van der Waals surface area contributed by atoms with Gasteiger partial charge in [-0.15, -0.1) is 0 Å². The van der Waals surface area contributed by atoms with E-state index in [1.165, 1.54) is 0 Å². The van der Waals surface area contributed by atoms with E-state index in [9.17, 15) is 4.79 Å². The van der Waals surface area contributed by atoms with Crippen LogP contribution in [0, 0.1) is 6.92 Å². The maximum Gasteiger partial charge on any atom is 0.256 e. The first-order chi connectivity index (χ1) is 12.0. The molecule has 7 heteroatoms. The Balaban J connectivity index is 1.78. The summed E-state index contributed by atoms with van der Waals surface area (Å²) in [4.78, 5) is 25.7. The van der Waals surface area contributed by atoms with Crippen LogP contribution < -0.4 is 4.90 Å². The predicted molar refractivity (Wildman–Crippen MR) is 94.4 cm³/mol. The monoisotopic (exact) mass is 343 g/mol. The number of pyridine rings is 1. The van der Waals surface area contributed by atoms with E-state index >= 15 is 0 Å². The van der Waals surface area contributed by atoms with Gasteiger partial charge in [0.1, 0.15) is 5.82 Å². The third-order valence-corrected chi connectivity index (χ3v) is 4.61. The Morgan fingerprint density at radius 2 is 2.24 bits per heavy atom. The van der Waals surface area contributed by atoms with Gasteiger partial charge in [0.2, 0.25) is 5.89 Å². The molecule has 1 saturated heterocycles. The number of aryl methyl sites for hydroxylation is 1. The highest BCUT2D eigenvalue weighted by Gasteiger charge is 2.33. The second-order valence-corrected chi connectivity index (χ2v) is 6.61. The van der Waals surface area contributed by atoms with Gasteiger partial charge < -0.3 is 14.3 Å². The fourth-order valence-electron chi connectivity index (χ4n) is 3.37. The third-order valence-electron chi connectivity index (χ3n) is 4.61. The summed E-state index contributed by atoms with van der Waals surface area (Å²) >= 11 is 0. The standard InChI is InChI=1S/C18H25N5O2/c1-5-22(12(2)3)16-9-8-14(11-19-16)18(24)23-10-6-7-15(23)17-20-13(4)25-21-17/h8-9,11-12,15H,5-7,10H2,1-4H3/t15-/m0/s1. The highest BCUT2D eigenvalue weighted by Crippen LogP contribution is 2.31. The van der Waals surface area contributed by atoms with Gasteiger partial charge in [-0.3, -0.25) is 4.79 Å². The highest BCUT2D eigenvalue weighted by atomic mass is 16.5. The molecule has 7 nitrogen and oxygen atoms in total. The van der Waals surface area contributed by atoms with E-state index in [0.29, 0.717) is 29.9 Å². The van der Waals surface area contributed by atoms with E-state index in [4.69, 9.17) is 4.52 Å². The summed E-state index contributed by atoms with van der Waals surface area (Å²) < 4.78 is 5.07. The van der Waals surface area contributed by atoms with Crippen molar-refractivity contribution in [2.24, 2.45) is 0 Å². The minimum Gasteiger partial charge on any atom is -0.354 e. The zero-order valence-corrected chi connectivity index (χ0v) is 15.3. The van der Waals surface area contributed by atoms with Gasteiger partial charge in [-0.2, -0.15) is 4.98 Å². The second-order valence-electron chi connectivity index (χ2n) is 6.61. The van der Waals surface area contributed by atoms with Gasteiger partial charge in [0.25, 0.3) is 5.91 Å². The van der Waals surface area contributed by atoms with Gasteiger partial charge in [-0.25, -0.2) is 4.98 Å². The van der Waals surface area contributed by atoms with Crippen LogP contribution in [-0.4, -0.2) is 45.1 Å². The van der Waals surface area contributed by atoms with E-state index < -0.39 is 0 Å². The molecule has 1 aliphatic heterocycles. The maximum absolute atomic E-state index is 12.9. The summed E-state index contributed by atoms with van der Waals surface area (Å²) in [5.41, 5.74) is 0.593. The molecule has 0 spiro atoms. The lowest BCUT2D eigenvalue weighted by molar-refractivity contribution is 0.0728. The first kappa shape index (κ1) is 17.4. The van der Waals surface area contributed by atoms with Crippen LogP contribution in [0.15, 0.2) is 22.9 Å². The highest BCUT2D eigenvalue weighted by molar-refractivity contribution is 5.94. The van der Waals surface area contributed by atoms with Crippen LogP contribution in [0.2, 0.25) is 0 Å². The van der Waals surface area contributed by atoms with E-state index in [2.05, 4.69) is 40.8 Å². The third kappa shape index (κ3) is 3.50. The van der Waals surface area contributed by atoms with Gasteiger partial charge in [0.05, 0.1) is 11.6 Å². The zero-order chi connectivity index (χ0) is 18.0. The predicted octanol–water partition coefficient (Wildman–Crippen LogP) is 2.99. The van der Waals surface area contributed by atoms with Crippen molar-refractivity contribution >= 4 is 11.7 Å². The molecular weight excluding hydrogens is 318 g/mol. The molecule has 0 aromatic carbocycles. The molecule has 0 unspecified atom stereocenters. The molecule has 1 amide bonds. The van der Waals surface area contributed by atoms with Crippen molar-refractivity contribution in [1.82, 2.24) is 20.0 Å². The number of likely N-dealkylation sites (tertiary alicyclic amines) is 1. The van der Waals surface area contributed by atoms with Crippen LogP contribution in [0.25, 0.3) is 0 Å². The Kier molecular flexibility index (Phi) is 5.01. The fourth-order valence-corrected chi connectivity index (χ4v) is 3.37. The van der Waals surface area contributed by atoms with E-state index in [1.54, 1.807) is 13.1 Å². The van der Waals surface area contributed by atoms with Gasteiger partial charge in [0, 0.05) is 32.3 Å². The van der Waals surface area contributed by atoms with E-state index in [0.717, 1.165) is 25.2 Å². The fraction of sp³-hybridized carbons (Fsp3) is 0.556. The Morgan fingerprint density at radius 1 is 1.44 bits per heavy atom. The number of amides is 1. The summed E-state index contributed by atoms with van der Waals surface area (Å²) in [5.74, 6) is 1.97. The molecule has 2 aromatic rings. The summed E-state index contributed by atoms with van der Waals surface area (Å²) in [6, 6.07) is 4.02. The quantitative estimate of drug-likeness (QED) is 0.831. The molecule has 0 bridgehead atoms. The van der Waals surface area contributed by atoms with Gasteiger partial charge in [0.15, 0.2) is 5.82 Å². The second kappa shape index (κ2) is 7.21. The smallest absolute Gasteiger partial charge is 0.256 e. The SMILES string of the molecule is CCN(c1ccc(C(=O)N2CCC[C@H]2c2noc(C)n2)cn1)C(C)C. The molecular formula is C18H25N5O2. The Hall–Kier alpha value is -2.44. The minimum atomic E-state index is -0.118. The van der Waals surface area contributed by atoms with Crippen molar-refractivity contribution in [3.8, 4) is 0 Å². The molecule has 0 aliphatic carbocycles. The molecule has 3 rings (SSSR count). The number of anilines is 1. The van der Waals surface area contributed by atoms with Crippen LogP contribution in [0.5, 0.6) is 0 Å². The number of aromatic nitrogens is 3. The van der Waals surface area contributed by atoms with Crippen molar-refractivity contribution in [3.63, 3.8) is 0 Å². The topological polar surface area (TPSA) is 75.4 Å². The molecule has 3 heterocycles. The van der Waals surface area contributed by atoms with Gasteiger partial charge in [-0.05, 0) is 45.7 Å². The lowest BCUT2D eigenvalue weighted by Gasteiger charge is -2.26. The molecule has 2 aromatic heterocycles. The average molecular weight is 343 g/mol. The van der Waals surface area contributed by atoms with Crippen LogP contribution in [0.1, 0.15) is 61.7 Å². The maximum atomic E-state index is 12.9. The first-order valence-electron chi connectivity index (χ1n) is 8.85. The van der Waals surface area contributed by atoms with E-state index in [1.807, 2.05) is 17.0 Å². The van der Waals surface area contributed by atoms with Gasteiger partial charge >= 0.3 is 0 Å². The lowest BCUT2D eigenvalue weighted by Crippen LogP contribution is -2.32. The Bertz CT molecular complexity index is 725. The Morgan fingerprint density at radius 3 is 2.80 bits per heavy atom. The lowest BCUT2D eigenvalue weighted by atomic mass is 10.2. The largest absolute Gasteiger partial charge is 0.354 e. The number of carbonyl (C=O) groups is 1. The van der Waals surface area contributed by atoms with Crippen LogP contribution >= 0.6 is 0 Å². The number of rotatable bonds is 5. The van der Waals surface area contributed by atoms with Crippen LogP contribution in [0.4, 0.5) is 5.82 Å². The minimum absolute atomic E-state index is 0.0309. The van der Waals surface area contributed by atoms with Crippen molar-refractivity contribution < 1.29 is 9.32 Å². The Labute approximate surface area is 148 Å². The average Bonchev–Trinajstić information content (AvgIpc) is 3.23. The number of hydrogen-bond donors (Lipinski definition) is 0. The van der Waals surface area contributed by atoms with Crippen molar-refractivity contribution in [3.05, 3.63) is 35.6 Å².